The van der Waals surface area contributed by atoms with Gasteiger partial charge in [-0.05, 0) is 31.5 Å². The van der Waals surface area contributed by atoms with Crippen molar-refractivity contribution in [1.82, 2.24) is 5.32 Å². The van der Waals surface area contributed by atoms with Crippen LogP contribution in [0.25, 0.3) is 0 Å². The Morgan fingerprint density at radius 1 is 1.50 bits per heavy atom. The van der Waals surface area contributed by atoms with Crippen LogP contribution < -0.4 is 5.32 Å². The zero-order valence-electron chi connectivity index (χ0n) is 7.76. The van der Waals surface area contributed by atoms with E-state index in [0.717, 1.165) is 19.4 Å². The van der Waals surface area contributed by atoms with Gasteiger partial charge < -0.3 is 5.32 Å². The molecule has 1 N–H and O–H groups in total. The number of hydrogen-bond donors (Lipinski definition) is 1. The maximum atomic E-state index is 13.5. The first-order chi connectivity index (χ1) is 6.81. The van der Waals surface area contributed by atoms with E-state index in [1.807, 2.05) is 6.07 Å². The van der Waals surface area contributed by atoms with Crippen molar-refractivity contribution in [1.29, 1.82) is 5.26 Å². The highest BCUT2D eigenvalue weighted by Crippen LogP contribution is 2.25. The van der Waals surface area contributed by atoms with Crippen LogP contribution in [0.15, 0.2) is 18.2 Å². The first-order valence-corrected chi connectivity index (χ1v) is 4.74. The smallest absolute Gasteiger partial charge is 0.129 e. The van der Waals surface area contributed by atoms with Gasteiger partial charge in [0.05, 0.1) is 11.6 Å². The summed E-state index contributed by atoms with van der Waals surface area (Å²) >= 11 is 0. The normalized spacial score (nSPS) is 20.7. The highest BCUT2D eigenvalue weighted by molar-refractivity contribution is 5.34. The van der Waals surface area contributed by atoms with Gasteiger partial charge in [0.25, 0.3) is 0 Å². The third kappa shape index (κ3) is 1.61. The molecule has 72 valence electrons. The number of hydrogen-bond acceptors (Lipinski definition) is 2. The molecule has 3 heteroatoms. The first-order valence-electron chi connectivity index (χ1n) is 4.74. The van der Waals surface area contributed by atoms with Crippen molar-refractivity contribution in [2.24, 2.45) is 0 Å². The van der Waals surface area contributed by atoms with Gasteiger partial charge in [0.2, 0.25) is 0 Å². The quantitative estimate of drug-likeness (QED) is 0.736. The molecule has 2 nitrogen and oxygen atoms in total. The molecule has 0 aromatic heterocycles. The number of rotatable bonds is 1. The molecule has 1 aliphatic rings. The molecular weight excluding hydrogens is 179 g/mol. The summed E-state index contributed by atoms with van der Waals surface area (Å²) in [6, 6.07) is 6.72. The summed E-state index contributed by atoms with van der Waals surface area (Å²) in [7, 11) is 0. The molecule has 2 rings (SSSR count). The molecule has 0 radical (unpaired) electrons. The van der Waals surface area contributed by atoms with Gasteiger partial charge in [-0.1, -0.05) is 6.07 Å². The zero-order chi connectivity index (χ0) is 9.97. The van der Waals surface area contributed by atoms with Gasteiger partial charge in [-0.2, -0.15) is 5.26 Å². The van der Waals surface area contributed by atoms with Crippen LogP contribution in [0.5, 0.6) is 0 Å². The molecule has 0 spiro atoms. The molecule has 0 bridgehead atoms. The Morgan fingerprint density at radius 3 is 2.93 bits per heavy atom. The van der Waals surface area contributed by atoms with Crippen LogP contribution in [0.2, 0.25) is 0 Å². The van der Waals surface area contributed by atoms with E-state index < -0.39 is 0 Å². The molecule has 1 fully saturated rings. The van der Waals surface area contributed by atoms with Gasteiger partial charge in [0, 0.05) is 11.6 Å². The van der Waals surface area contributed by atoms with Crippen molar-refractivity contribution < 1.29 is 4.39 Å². The van der Waals surface area contributed by atoms with Gasteiger partial charge in [-0.3, -0.25) is 0 Å². The average molecular weight is 190 g/mol. The summed E-state index contributed by atoms with van der Waals surface area (Å²) in [5.74, 6) is -0.275. The van der Waals surface area contributed by atoms with E-state index in [2.05, 4.69) is 5.32 Å². The zero-order valence-corrected chi connectivity index (χ0v) is 7.76. The fourth-order valence-electron chi connectivity index (χ4n) is 1.83. The predicted octanol–water partition coefficient (Wildman–Crippen LogP) is 2.12. The molecule has 0 saturated carbocycles. The third-order valence-corrected chi connectivity index (χ3v) is 2.57. The van der Waals surface area contributed by atoms with Crippen LogP contribution in [-0.4, -0.2) is 6.54 Å². The minimum atomic E-state index is -0.275. The molecule has 14 heavy (non-hydrogen) atoms. The maximum absolute atomic E-state index is 13.5. The molecule has 0 aliphatic carbocycles. The summed E-state index contributed by atoms with van der Waals surface area (Å²) in [6.07, 6.45) is 2.06. The molecule has 1 aromatic carbocycles. The van der Waals surface area contributed by atoms with Crippen molar-refractivity contribution in [3.05, 3.63) is 35.1 Å². The third-order valence-electron chi connectivity index (χ3n) is 2.57. The van der Waals surface area contributed by atoms with Gasteiger partial charge in [-0.25, -0.2) is 4.39 Å². The van der Waals surface area contributed by atoms with Gasteiger partial charge in [0.1, 0.15) is 5.82 Å². The largest absolute Gasteiger partial charge is 0.310 e. The van der Waals surface area contributed by atoms with Crippen molar-refractivity contribution in [2.45, 2.75) is 18.9 Å². The van der Waals surface area contributed by atoms with Crippen LogP contribution in [0.4, 0.5) is 4.39 Å². The molecule has 0 unspecified atom stereocenters. The second kappa shape index (κ2) is 3.77. The summed E-state index contributed by atoms with van der Waals surface area (Å²) in [5.41, 5.74) is 1.06. The van der Waals surface area contributed by atoms with Crippen LogP contribution in [-0.2, 0) is 0 Å². The van der Waals surface area contributed by atoms with Crippen LogP contribution in [0.3, 0.4) is 0 Å². The second-order valence-electron chi connectivity index (χ2n) is 3.50. The standard InChI is InChI=1S/C11H11FN2/c12-10-6-8(7-13)3-4-9(10)11-2-1-5-14-11/h3-4,6,11,14H,1-2,5H2/t11-/m1/s1. The number of nitrogens with one attached hydrogen (secondary N) is 1. The Bertz CT molecular complexity index is 375. The van der Waals surface area contributed by atoms with E-state index in [1.54, 1.807) is 12.1 Å². The minimum absolute atomic E-state index is 0.128. The first kappa shape index (κ1) is 9.17. The van der Waals surface area contributed by atoms with Crippen LogP contribution >= 0.6 is 0 Å². The lowest BCUT2D eigenvalue weighted by molar-refractivity contribution is 0.558. The van der Waals surface area contributed by atoms with Crippen LogP contribution in [0, 0.1) is 17.1 Å². The monoisotopic (exact) mass is 190 g/mol. The number of halogens is 1. The highest BCUT2D eigenvalue weighted by atomic mass is 19.1. The average Bonchev–Trinajstić information content (AvgIpc) is 2.70. The molecular formula is C11H11FN2. The van der Waals surface area contributed by atoms with Crippen molar-refractivity contribution in [2.75, 3.05) is 6.54 Å². The Balaban J connectivity index is 2.30. The summed E-state index contributed by atoms with van der Waals surface area (Å²) in [4.78, 5) is 0. The van der Waals surface area contributed by atoms with Crippen molar-refractivity contribution >= 4 is 0 Å². The van der Waals surface area contributed by atoms with Gasteiger partial charge in [-0.15, -0.1) is 0 Å². The Kier molecular flexibility index (Phi) is 2.47. The fraction of sp³-hybridized carbons (Fsp3) is 0.364. The lowest BCUT2D eigenvalue weighted by atomic mass is 10.0. The Morgan fingerprint density at radius 2 is 2.36 bits per heavy atom. The minimum Gasteiger partial charge on any atom is -0.310 e. The van der Waals surface area contributed by atoms with E-state index in [1.165, 1.54) is 6.07 Å². The molecule has 1 heterocycles. The predicted molar refractivity (Wildman–Crippen MR) is 51.1 cm³/mol. The van der Waals surface area contributed by atoms with Gasteiger partial charge in [0.15, 0.2) is 0 Å². The Labute approximate surface area is 82.4 Å². The van der Waals surface area contributed by atoms with E-state index in [0.29, 0.717) is 11.1 Å². The summed E-state index contributed by atoms with van der Waals surface area (Å²) in [6.45, 7) is 0.949. The SMILES string of the molecule is N#Cc1ccc([C@H]2CCCN2)c(F)c1. The van der Waals surface area contributed by atoms with Gasteiger partial charge >= 0.3 is 0 Å². The second-order valence-corrected chi connectivity index (χ2v) is 3.50. The highest BCUT2D eigenvalue weighted by Gasteiger charge is 2.19. The molecule has 0 amide bonds. The lowest BCUT2D eigenvalue weighted by Gasteiger charge is -2.11. The molecule has 1 atom stereocenters. The topological polar surface area (TPSA) is 35.8 Å². The van der Waals surface area contributed by atoms with Crippen molar-refractivity contribution in [3.63, 3.8) is 0 Å². The fourth-order valence-corrected chi connectivity index (χ4v) is 1.83. The number of benzene rings is 1. The van der Waals surface area contributed by atoms with Crippen LogP contribution in [0.1, 0.15) is 30.0 Å². The van der Waals surface area contributed by atoms with E-state index >= 15 is 0 Å². The number of nitrogens with zero attached hydrogens (tertiary/aromatic N) is 1. The summed E-state index contributed by atoms with van der Waals surface area (Å²) < 4.78 is 13.5. The van der Waals surface area contributed by atoms with E-state index in [-0.39, 0.29) is 11.9 Å². The number of nitriles is 1. The Hall–Kier alpha value is -1.40. The maximum Gasteiger partial charge on any atom is 0.129 e. The lowest BCUT2D eigenvalue weighted by Crippen LogP contribution is -2.14. The van der Waals surface area contributed by atoms with Crippen molar-refractivity contribution in [3.8, 4) is 6.07 Å². The molecule has 1 aliphatic heterocycles. The van der Waals surface area contributed by atoms with E-state index in [4.69, 9.17) is 5.26 Å². The van der Waals surface area contributed by atoms with E-state index in [9.17, 15) is 4.39 Å². The summed E-state index contributed by atoms with van der Waals surface area (Å²) in [5, 5.41) is 11.8. The molecule has 1 aromatic rings. The molecule has 1 saturated heterocycles.